The first kappa shape index (κ1) is 23.8. The summed E-state index contributed by atoms with van der Waals surface area (Å²) in [5, 5.41) is 20.4. The lowest BCUT2D eigenvalue weighted by Gasteiger charge is -2.19. The maximum Gasteiger partial charge on any atom is -0.00139 e. The van der Waals surface area contributed by atoms with Crippen molar-refractivity contribution in [3.63, 3.8) is 0 Å². The molecule has 0 aliphatic carbocycles. The summed E-state index contributed by atoms with van der Waals surface area (Å²) >= 11 is 0. The highest BCUT2D eigenvalue weighted by Gasteiger charge is 2.19. The molecule has 0 fully saturated rings. The lowest BCUT2D eigenvalue weighted by Crippen LogP contribution is -1.92. The molecule has 202 valence electrons. The van der Waals surface area contributed by atoms with E-state index in [2.05, 4.69) is 158 Å². The molecule has 0 nitrogen and oxygen atoms in total. The van der Waals surface area contributed by atoms with Gasteiger partial charge in [-0.05, 0) is 158 Å². The number of benzene rings is 10. The fourth-order valence-corrected chi connectivity index (χ4v) is 7.54. The van der Waals surface area contributed by atoms with Crippen LogP contribution in [-0.4, -0.2) is 0 Å². The van der Waals surface area contributed by atoms with Crippen LogP contribution in [0.4, 0.5) is 0 Å². The number of rotatable bonds is 1. The smallest absolute Gasteiger partial charge is 0.00139 e. The van der Waals surface area contributed by atoms with Crippen molar-refractivity contribution in [3.05, 3.63) is 158 Å². The van der Waals surface area contributed by atoms with Crippen LogP contribution < -0.4 is 0 Å². The third-order valence-electron chi connectivity index (χ3n) is 9.62. The molecular weight excluding hydrogens is 528 g/mol. The molecule has 0 unspecified atom stereocenters. The Balaban J connectivity index is 1.50. The van der Waals surface area contributed by atoms with Gasteiger partial charge in [-0.25, -0.2) is 0 Å². The molecule has 10 aromatic rings. The van der Waals surface area contributed by atoms with Gasteiger partial charge in [-0.3, -0.25) is 0 Å². The van der Waals surface area contributed by atoms with E-state index < -0.39 is 0 Å². The minimum absolute atomic E-state index is 1.27. The quantitative estimate of drug-likeness (QED) is 0.177. The molecule has 0 saturated heterocycles. The third kappa shape index (κ3) is 3.46. The number of hydrogen-bond acceptors (Lipinski definition) is 0. The monoisotopic (exact) mass is 554 g/mol. The molecule has 44 heavy (non-hydrogen) atoms. The normalized spacial score (nSPS) is 12.1. The Morgan fingerprint density at radius 1 is 0.182 bits per heavy atom. The van der Waals surface area contributed by atoms with Gasteiger partial charge in [0.05, 0.1) is 0 Å². The van der Waals surface area contributed by atoms with Crippen molar-refractivity contribution in [3.8, 4) is 11.1 Å². The Labute approximate surface area is 254 Å². The Morgan fingerprint density at radius 3 is 0.591 bits per heavy atom. The molecule has 0 spiro atoms. The van der Waals surface area contributed by atoms with Gasteiger partial charge >= 0.3 is 0 Å². The molecule has 0 amide bonds. The van der Waals surface area contributed by atoms with Crippen molar-refractivity contribution in [2.24, 2.45) is 0 Å². The maximum absolute atomic E-state index is 2.42. The van der Waals surface area contributed by atoms with Gasteiger partial charge in [0.2, 0.25) is 0 Å². The third-order valence-corrected chi connectivity index (χ3v) is 9.62. The second kappa shape index (κ2) is 8.89. The second-order valence-corrected chi connectivity index (χ2v) is 12.2. The molecular formula is C44H26. The maximum atomic E-state index is 2.42. The van der Waals surface area contributed by atoms with Crippen LogP contribution in [0.25, 0.3) is 97.3 Å². The van der Waals surface area contributed by atoms with Crippen LogP contribution in [0.2, 0.25) is 0 Å². The van der Waals surface area contributed by atoms with Crippen molar-refractivity contribution in [2.45, 2.75) is 0 Å². The zero-order valence-corrected chi connectivity index (χ0v) is 24.0. The van der Waals surface area contributed by atoms with Crippen molar-refractivity contribution in [1.82, 2.24) is 0 Å². The Kier molecular flexibility index (Phi) is 4.81. The zero-order chi connectivity index (χ0) is 28.8. The predicted octanol–water partition coefficient (Wildman–Crippen LogP) is 12.6. The van der Waals surface area contributed by atoms with Gasteiger partial charge in [0.15, 0.2) is 0 Å². The topological polar surface area (TPSA) is 0 Å². The van der Waals surface area contributed by atoms with Crippen molar-refractivity contribution >= 4 is 86.2 Å². The van der Waals surface area contributed by atoms with E-state index in [0.717, 1.165) is 0 Å². The van der Waals surface area contributed by atoms with Gasteiger partial charge in [-0.1, -0.05) is 97.1 Å². The van der Waals surface area contributed by atoms with Gasteiger partial charge in [-0.15, -0.1) is 0 Å². The van der Waals surface area contributed by atoms with E-state index in [1.807, 2.05) is 0 Å². The van der Waals surface area contributed by atoms with E-state index in [-0.39, 0.29) is 0 Å². The second-order valence-electron chi connectivity index (χ2n) is 12.2. The molecule has 0 aliphatic rings. The van der Waals surface area contributed by atoms with Crippen molar-refractivity contribution in [1.29, 1.82) is 0 Å². The first-order valence-electron chi connectivity index (χ1n) is 15.3. The van der Waals surface area contributed by atoms with Gasteiger partial charge in [-0.2, -0.15) is 0 Å². The molecule has 0 heteroatoms. The Hall–Kier alpha value is -5.72. The summed E-state index contributed by atoms with van der Waals surface area (Å²) < 4.78 is 0. The molecule has 10 aromatic carbocycles. The van der Waals surface area contributed by atoms with Crippen LogP contribution in [-0.2, 0) is 0 Å². The molecule has 0 heterocycles. The number of hydrogen-bond donors (Lipinski definition) is 0. The summed E-state index contributed by atoms with van der Waals surface area (Å²) in [6.45, 7) is 0. The van der Waals surface area contributed by atoms with Gasteiger partial charge in [0.1, 0.15) is 0 Å². The lowest BCUT2D eigenvalue weighted by molar-refractivity contribution is 1.75. The fraction of sp³-hybridized carbons (Fsp3) is 0. The molecule has 0 aliphatic heterocycles. The van der Waals surface area contributed by atoms with Crippen LogP contribution in [0, 0.1) is 0 Å². The first-order chi connectivity index (χ1) is 21.8. The van der Waals surface area contributed by atoms with Crippen LogP contribution >= 0.6 is 0 Å². The molecule has 0 N–H and O–H groups in total. The minimum Gasteiger partial charge on any atom is -0.0616 e. The van der Waals surface area contributed by atoms with Crippen molar-refractivity contribution < 1.29 is 0 Å². The Bertz CT molecular complexity index is 2430. The van der Waals surface area contributed by atoms with Gasteiger partial charge in [0, 0.05) is 0 Å². The molecule has 0 bridgehead atoms. The average molecular weight is 555 g/mol. The highest BCUT2D eigenvalue weighted by Crippen LogP contribution is 2.46. The predicted molar refractivity (Wildman–Crippen MR) is 192 cm³/mol. The van der Waals surface area contributed by atoms with Crippen molar-refractivity contribution in [2.75, 3.05) is 0 Å². The molecule has 0 saturated carbocycles. The van der Waals surface area contributed by atoms with Gasteiger partial charge in [0.25, 0.3) is 0 Å². The molecule has 0 atom stereocenters. The summed E-state index contributed by atoms with van der Waals surface area (Å²) in [6, 6.07) is 59.0. The minimum atomic E-state index is 1.27. The summed E-state index contributed by atoms with van der Waals surface area (Å²) in [7, 11) is 0. The summed E-state index contributed by atoms with van der Waals surface area (Å²) in [5.74, 6) is 0. The zero-order valence-electron chi connectivity index (χ0n) is 24.0. The van der Waals surface area contributed by atoms with E-state index in [4.69, 9.17) is 0 Å². The summed E-state index contributed by atoms with van der Waals surface area (Å²) in [5.41, 5.74) is 2.63. The van der Waals surface area contributed by atoms with E-state index in [0.29, 0.717) is 0 Å². The lowest BCUT2D eigenvalue weighted by atomic mass is 9.84. The highest BCUT2D eigenvalue weighted by molar-refractivity contribution is 6.27. The summed E-state index contributed by atoms with van der Waals surface area (Å²) in [4.78, 5) is 0. The average Bonchev–Trinajstić information content (AvgIpc) is 3.06. The SMILES string of the molecule is c1ccc2cc3c(-c4c5cc6ccccc6cc5cc5cc6ccccc6cc45)c4cc5ccccc5cc4cc3cc2c1. The standard InChI is InChI=1S/C44H26/c1-5-13-31-23-39-35(17-27(31)9-1)21-36-18-28-10-2-6-14-32(28)24-40(36)43(39)44-41-25-33-15-7-3-11-29(33)19-37(41)22-38-20-30-12-4-8-16-34(30)26-42(38)44/h1-26H. The number of fused-ring (bicyclic) bond motifs is 8. The highest BCUT2D eigenvalue weighted by atomic mass is 14.2. The Morgan fingerprint density at radius 2 is 0.364 bits per heavy atom. The molecule has 10 rings (SSSR count). The largest absolute Gasteiger partial charge is 0.0616 e. The van der Waals surface area contributed by atoms with Crippen LogP contribution in [0.3, 0.4) is 0 Å². The van der Waals surface area contributed by atoms with Crippen LogP contribution in [0.1, 0.15) is 0 Å². The van der Waals surface area contributed by atoms with E-state index >= 15 is 0 Å². The fourth-order valence-electron chi connectivity index (χ4n) is 7.54. The molecule has 0 radical (unpaired) electrons. The van der Waals surface area contributed by atoms with Crippen LogP contribution in [0.15, 0.2) is 158 Å². The van der Waals surface area contributed by atoms with E-state index in [9.17, 15) is 0 Å². The van der Waals surface area contributed by atoms with E-state index in [1.54, 1.807) is 0 Å². The van der Waals surface area contributed by atoms with Crippen LogP contribution in [0.5, 0.6) is 0 Å². The summed E-state index contributed by atoms with van der Waals surface area (Å²) in [6.07, 6.45) is 0. The van der Waals surface area contributed by atoms with Gasteiger partial charge < -0.3 is 0 Å². The van der Waals surface area contributed by atoms with E-state index in [1.165, 1.54) is 97.3 Å². The molecule has 0 aromatic heterocycles. The first-order valence-corrected chi connectivity index (χ1v) is 15.3.